The highest BCUT2D eigenvalue weighted by Crippen LogP contribution is 2.27. The van der Waals surface area contributed by atoms with Crippen molar-refractivity contribution in [1.29, 1.82) is 0 Å². The fourth-order valence-corrected chi connectivity index (χ4v) is 2.54. The lowest BCUT2D eigenvalue weighted by molar-refractivity contribution is 0.138. The maximum Gasteiger partial charge on any atom is 0.0260 e. The van der Waals surface area contributed by atoms with E-state index in [-0.39, 0.29) is 11.1 Å². The molecule has 0 saturated carbocycles. The van der Waals surface area contributed by atoms with Crippen LogP contribution in [0.15, 0.2) is 0 Å². The average Bonchev–Trinajstić information content (AvgIpc) is 1.78. The van der Waals surface area contributed by atoms with Crippen molar-refractivity contribution in [3.8, 4) is 0 Å². The van der Waals surface area contributed by atoms with E-state index in [9.17, 15) is 0 Å². The van der Waals surface area contributed by atoms with Gasteiger partial charge in [-0.25, -0.2) is 5.43 Å². The standard InChI is InChI=1S/C9H22N4/c1-8(2)5-7(11-13-10)6-9(3,4)12-8/h7,11-13H,5-6,10H2,1-4H3. The van der Waals surface area contributed by atoms with E-state index in [0.29, 0.717) is 6.04 Å². The highest BCUT2D eigenvalue weighted by Gasteiger charge is 2.37. The Balaban J connectivity index is 2.61. The van der Waals surface area contributed by atoms with E-state index >= 15 is 0 Å². The van der Waals surface area contributed by atoms with E-state index < -0.39 is 0 Å². The van der Waals surface area contributed by atoms with Crippen molar-refractivity contribution in [2.45, 2.75) is 57.7 Å². The van der Waals surface area contributed by atoms with Gasteiger partial charge in [0, 0.05) is 17.1 Å². The smallest absolute Gasteiger partial charge is 0.0260 e. The first-order valence-electron chi connectivity index (χ1n) is 4.85. The predicted octanol–water partition coefficient (Wildman–Crippen LogP) is 0.264. The third-order valence-electron chi connectivity index (χ3n) is 2.48. The molecule has 0 bridgehead atoms. The molecule has 0 aliphatic carbocycles. The summed E-state index contributed by atoms with van der Waals surface area (Å²) in [5.74, 6) is 5.25. The fourth-order valence-electron chi connectivity index (χ4n) is 2.54. The summed E-state index contributed by atoms with van der Waals surface area (Å²) in [5.41, 5.74) is 5.97. The van der Waals surface area contributed by atoms with Gasteiger partial charge >= 0.3 is 0 Å². The predicted molar refractivity (Wildman–Crippen MR) is 54.8 cm³/mol. The summed E-state index contributed by atoms with van der Waals surface area (Å²) in [6.07, 6.45) is 2.17. The van der Waals surface area contributed by atoms with Crippen LogP contribution in [0.4, 0.5) is 0 Å². The molecule has 1 fully saturated rings. The van der Waals surface area contributed by atoms with Gasteiger partial charge in [-0.3, -0.25) is 5.84 Å². The highest BCUT2D eigenvalue weighted by atomic mass is 15.5. The molecular formula is C9H22N4. The highest BCUT2D eigenvalue weighted by molar-refractivity contribution is 4.98. The van der Waals surface area contributed by atoms with Gasteiger partial charge in [0.25, 0.3) is 0 Å². The van der Waals surface area contributed by atoms with E-state index in [0.717, 1.165) is 12.8 Å². The molecule has 0 amide bonds. The Hall–Kier alpha value is -0.160. The molecule has 5 N–H and O–H groups in total. The van der Waals surface area contributed by atoms with Crippen LogP contribution in [-0.2, 0) is 0 Å². The summed E-state index contributed by atoms with van der Waals surface area (Å²) in [6.45, 7) is 8.89. The Bertz CT molecular complexity index is 160. The first kappa shape index (κ1) is 10.9. The maximum absolute atomic E-state index is 5.25. The molecule has 78 valence electrons. The summed E-state index contributed by atoms with van der Waals surface area (Å²) in [4.78, 5) is 0. The number of hydrogen-bond acceptors (Lipinski definition) is 4. The Labute approximate surface area is 80.6 Å². The van der Waals surface area contributed by atoms with Crippen LogP contribution in [0.1, 0.15) is 40.5 Å². The van der Waals surface area contributed by atoms with Crippen molar-refractivity contribution in [1.82, 2.24) is 16.3 Å². The molecule has 4 heteroatoms. The minimum atomic E-state index is 0.177. The molecule has 1 rings (SSSR count). The monoisotopic (exact) mass is 186 g/mol. The number of hydrazine groups is 2. The van der Waals surface area contributed by atoms with Crippen LogP contribution >= 0.6 is 0 Å². The second-order valence-electron chi connectivity index (χ2n) is 5.29. The molecule has 1 heterocycles. The molecule has 0 aromatic rings. The molecule has 0 radical (unpaired) electrons. The third kappa shape index (κ3) is 3.23. The first-order chi connectivity index (χ1) is 5.85. The number of hydrogen-bond donors (Lipinski definition) is 4. The number of rotatable bonds is 2. The Morgan fingerprint density at radius 2 is 1.62 bits per heavy atom. The Morgan fingerprint density at radius 1 is 1.15 bits per heavy atom. The molecule has 0 atom stereocenters. The maximum atomic E-state index is 5.25. The molecule has 1 saturated heterocycles. The topological polar surface area (TPSA) is 62.1 Å². The zero-order valence-corrected chi connectivity index (χ0v) is 9.07. The first-order valence-corrected chi connectivity index (χ1v) is 4.85. The number of nitrogens with one attached hydrogen (secondary N) is 3. The van der Waals surface area contributed by atoms with Gasteiger partial charge in [-0.2, -0.15) is 5.53 Å². The average molecular weight is 186 g/mol. The molecule has 0 aromatic carbocycles. The van der Waals surface area contributed by atoms with E-state index in [4.69, 9.17) is 5.84 Å². The van der Waals surface area contributed by atoms with E-state index in [1.807, 2.05) is 0 Å². The molecule has 13 heavy (non-hydrogen) atoms. The van der Waals surface area contributed by atoms with Crippen molar-refractivity contribution in [2.75, 3.05) is 0 Å². The second kappa shape index (κ2) is 3.53. The molecule has 0 unspecified atom stereocenters. The molecule has 0 spiro atoms. The van der Waals surface area contributed by atoms with Crippen LogP contribution in [-0.4, -0.2) is 17.1 Å². The minimum absolute atomic E-state index is 0.177. The van der Waals surface area contributed by atoms with Gasteiger partial charge in [0.1, 0.15) is 0 Å². The molecule has 0 aromatic heterocycles. The lowest BCUT2D eigenvalue weighted by Crippen LogP contribution is -2.63. The summed E-state index contributed by atoms with van der Waals surface area (Å²) in [7, 11) is 0. The summed E-state index contributed by atoms with van der Waals surface area (Å²) >= 11 is 0. The van der Waals surface area contributed by atoms with Gasteiger partial charge in [0.15, 0.2) is 0 Å². The SMILES string of the molecule is CC1(C)CC(NNN)CC(C)(C)N1. The number of piperidine rings is 1. The van der Waals surface area contributed by atoms with E-state index in [1.54, 1.807) is 0 Å². The lowest BCUT2D eigenvalue weighted by Gasteiger charge is -2.46. The van der Waals surface area contributed by atoms with Crippen LogP contribution < -0.4 is 22.1 Å². The minimum Gasteiger partial charge on any atom is -0.307 e. The van der Waals surface area contributed by atoms with E-state index in [2.05, 4.69) is 44.0 Å². The van der Waals surface area contributed by atoms with Crippen molar-refractivity contribution in [2.24, 2.45) is 5.84 Å². The zero-order chi connectivity index (χ0) is 10.1. The van der Waals surface area contributed by atoms with Gasteiger partial charge < -0.3 is 5.32 Å². The van der Waals surface area contributed by atoms with Crippen LogP contribution in [0.25, 0.3) is 0 Å². The third-order valence-corrected chi connectivity index (χ3v) is 2.48. The summed E-state index contributed by atoms with van der Waals surface area (Å²) < 4.78 is 0. The van der Waals surface area contributed by atoms with Crippen molar-refractivity contribution < 1.29 is 0 Å². The largest absolute Gasteiger partial charge is 0.307 e. The van der Waals surface area contributed by atoms with Crippen molar-refractivity contribution in [3.63, 3.8) is 0 Å². The van der Waals surface area contributed by atoms with E-state index in [1.165, 1.54) is 0 Å². The van der Waals surface area contributed by atoms with Crippen molar-refractivity contribution >= 4 is 0 Å². The number of nitrogens with two attached hydrogens (primary N) is 1. The van der Waals surface area contributed by atoms with Crippen molar-refractivity contribution in [3.05, 3.63) is 0 Å². The molecule has 1 aliphatic heterocycles. The van der Waals surface area contributed by atoms with Crippen LogP contribution in [0, 0.1) is 0 Å². The molecular weight excluding hydrogens is 164 g/mol. The normalized spacial score (nSPS) is 27.5. The molecule has 4 nitrogen and oxygen atoms in total. The quantitative estimate of drug-likeness (QED) is 0.369. The molecule has 1 aliphatic rings. The van der Waals surface area contributed by atoms with Gasteiger partial charge in [-0.15, -0.1) is 0 Å². The fraction of sp³-hybridized carbons (Fsp3) is 1.00. The van der Waals surface area contributed by atoms with Crippen LogP contribution in [0.5, 0.6) is 0 Å². The van der Waals surface area contributed by atoms with Gasteiger partial charge in [-0.05, 0) is 40.5 Å². The zero-order valence-electron chi connectivity index (χ0n) is 9.07. The van der Waals surface area contributed by atoms with Gasteiger partial charge in [-0.1, -0.05) is 0 Å². The Kier molecular flexibility index (Phi) is 2.97. The summed E-state index contributed by atoms with van der Waals surface area (Å²) in [6, 6.07) is 0.441. The van der Waals surface area contributed by atoms with Gasteiger partial charge in [0.05, 0.1) is 0 Å². The summed E-state index contributed by atoms with van der Waals surface area (Å²) in [5, 5.41) is 3.61. The van der Waals surface area contributed by atoms with Gasteiger partial charge in [0.2, 0.25) is 0 Å². The lowest BCUT2D eigenvalue weighted by atomic mass is 9.80. The Morgan fingerprint density at radius 3 is 2.00 bits per heavy atom. The van der Waals surface area contributed by atoms with Crippen LogP contribution in [0.3, 0.4) is 0 Å². The second-order valence-corrected chi connectivity index (χ2v) is 5.29. The van der Waals surface area contributed by atoms with Crippen LogP contribution in [0.2, 0.25) is 0 Å².